The summed E-state index contributed by atoms with van der Waals surface area (Å²) in [7, 11) is 0. The van der Waals surface area contributed by atoms with Crippen molar-refractivity contribution in [1.29, 1.82) is 0 Å². The van der Waals surface area contributed by atoms with E-state index in [9.17, 15) is 4.79 Å². The van der Waals surface area contributed by atoms with E-state index in [1.165, 1.54) is 0 Å². The first-order valence-corrected chi connectivity index (χ1v) is 8.66. The highest BCUT2D eigenvalue weighted by Crippen LogP contribution is 2.36. The van der Waals surface area contributed by atoms with Crippen LogP contribution in [0.1, 0.15) is 27.7 Å². The number of nitrogens with zero attached hydrogens (tertiary/aromatic N) is 3. The lowest BCUT2D eigenvalue weighted by Gasteiger charge is -2.25. The molecule has 1 aliphatic heterocycles. The summed E-state index contributed by atoms with van der Waals surface area (Å²) < 4.78 is 0.901. The standard InChI is InChI=1S/C19H15BrN4O/c1-12-6-9-17(22-10-12)24-18(23-16-8-7-13(20)11-21-16)14-4-2-3-5-15(14)19(24)25/h2-11,18H,1H3,(H,21,23)/t18-/m1/s1. The van der Waals surface area contributed by atoms with Crippen LogP contribution in [0.2, 0.25) is 0 Å². The molecule has 0 aliphatic carbocycles. The molecule has 1 atom stereocenters. The largest absolute Gasteiger partial charge is 0.346 e. The number of benzene rings is 1. The molecule has 2 aromatic heterocycles. The zero-order valence-electron chi connectivity index (χ0n) is 13.5. The van der Waals surface area contributed by atoms with E-state index in [1.54, 1.807) is 17.3 Å². The molecule has 0 spiro atoms. The minimum absolute atomic E-state index is 0.0680. The quantitative estimate of drug-likeness (QED) is 0.718. The third kappa shape index (κ3) is 2.89. The van der Waals surface area contributed by atoms with E-state index in [-0.39, 0.29) is 12.1 Å². The molecule has 0 unspecified atom stereocenters. The van der Waals surface area contributed by atoms with Crippen LogP contribution in [-0.2, 0) is 0 Å². The van der Waals surface area contributed by atoms with Crippen LogP contribution in [0.3, 0.4) is 0 Å². The Hall–Kier alpha value is -2.73. The number of rotatable bonds is 3. The number of hydrogen-bond donors (Lipinski definition) is 1. The van der Waals surface area contributed by atoms with Crippen LogP contribution >= 0.6 is 15.9 Å². The van der Waals surface area contributed by atoms with Crippen molar-refractivity contribution in [2.45, 2.75) is 13.1 Å². The maximum Gasteiger partial charge on any atom is 0.261 e. The Bertz CT molecular complexity index is 925. The van der Waals surface area contributed by atoms with Gasteiger partial charge in [0.25, 0.3) is 5.91 Å². The first-order valence-electron chi connectivity index (χ1n) is 7.87. The van der Waals surface area contributed by atoms with Crippen molar-refractivity contribution in [3.05, 3.63) is 82.1 Å². The molecule has 6 heteroatoms. The number of carbonyl (C=O) groups excluding carboxylic acids is 1. The number of carbonyl (C=O) groups is 1. The molecule has 1 aromatic carbocycles. The molecule has 124 valence electrons. The van der Waals surface area contributed by atoms with Gasteiger partial charge in [-0.05, 0) is 52.7 Å². The summed E-state index contributed by atoms with van der Waals surface area (Å²) in [6.45, 7) is 1.97. The van der Waals surface area contributed by atoms with Gasteiger partial charge in [0, 0.05) is 28.0 Å². The average Bonchev–Trinajstić information content (AvgIpc) is 2.90. The van der Waals surface area contributed by atoms with Gasteiger partial charge in [-0.1, -0.05) is 24.3 Å². The summed E-state index contributed by atoms with van der Waals surface area (Å²) in [5, 5.41) is 3.35. The molecular weight excluding hydrogens is 380 g/mol. The highest BCUT2D eigenvalue weighted by Gasteiger charge is 2.38. The zero-order chi connectivity index (χ0) is 17.4. The molecule has 0 fully saturated rings. The Morgan fingerprint density at radius 3 is 2.60 bits per heavy atom. The Morgan fingerprint density at radius 2 is 1.88 bits per heavy atom. The fourth-order valence-corrected chi connectivity index (χ4v) is 3.13. The maximum absolute atomic E-state index is 13.0. The Kier molecular flexibility index (Phi) is 3.97. The second kappa shape index (κ2) is 6.29. The highest BCUT2D eigenvalue weighted by molar-refractivity contribution is 9.10. The van der Waals surface area contributed by atoms with E-state index in [4.69, 9.17) is 0 Å². The molecular formula is C19H15BrN4O. The summed E-state index contributed by atoms with van der Waals surface area (Å²) in [6, 6.07) is 15.2. The molecule has 0 bridgehead atoms. The molecule has 0 radical (unpaired) electrons. The minimum atomic E-state index is -0.354. The zero-order valence-corrected chi connectivity index (χ0v) is 15.1. The van der Waals surface area contributed by atoms with Crippen molar-refractivity contribution in [3.63, 3.8) is 0 Å². The predicted octanol–water partition coefficient (Wildman–Crippen LogP) is 4.32. The van der Waals surface area contributed by atoms with Gasteiger partial charge in [-0.25, -0.2) is 9.97 Å². The molecule has 1 aliphatic rings. The van der Waals surface area contributed by atoms with Crippen LogP contribution in [0, 0.1) is 6.92 Å². The summed E-state index contributed by atoms with van der Waals surface area (Å²) in [6.07, 6.45) is 3.13. The van der Waals surface area contributed by atoms with Crippen LogP contribution in [0.25, 0.3) is 0 Å². The topological polar surface area (TPSA) is 58.1 Å². The number of amides is 1. The number of aryl methyl sites for hydroxylation is 1. The highest BCUT2D eigenvalue weighted by atomic mass is 79.9. The van der Waals surface area contributed by atoms with E-state index in [0.717, 1.165) is 15.6 Å². The molecule has 0 saturated heterocycles. The lowest BCUT2D eigenvalue weighted by molar-refractivity contribution is 0.0992. The van der Waals surface area contributed by atoms with E-state index < -0.39 is 0 Å². The van der Waals surface area contributed by atoms with Crippen LogP contribution in [-0.4, -0.2) is 15.9 Å². The van der Waals surface area contributed by atoms with Crippen molar-refractivity contribution >= 4 is 33.5 Å². The van der Waals surface area contributed by atoms with Crippen LogP contribution in [0.4, 0.5) is 11.6 Å². The molecule has 1 amide bonds. The van der Waals surface area contributed by atoms with Gasteiger partial charge in [0.15, 0.2) is 0 Å². The third-order valence-corrected chi connectivity index (χ3v) is 4.59. The third-order valence-electron chi connectivity index (χ3n) is 4.12. The van der Waals surface area contributed by atoms with E-state index in [0.29, 0.717) is 17.2 Å². The van der Waals surface area contributed by atoms with Gasteiger partial charge in [0.05, 0.1) is 0 Å². The Labute approximate surface area is 153 Å². The van der Waals surface area contributed by atoms with Crippen molar-refractivity contribution in [3.8, 4) is 0 Å². The number of pyridine rings is 2. The second-order valence-corrected chi connectivity index (χ2v) is 6.78. The van der Waals surface area contributed by atoms with Crippen LogP contribution in [0.5, 0.6) is 0 Å². The van der Waals surface area contributed by atoms with Crippen molar-refractivity contribution in [2.75, 3.05) is 10.2 Å². The molecule has 3 aromatic rings. The maximum atomic E-state index is 13.0. The second-order valence-electron chi connectivity index (χ2n) is 5.86. The first-order chi connectivity index (χ1) is 12.1. The number of fused-ring (bicyclic) bond motifs is 1. The molecule has 1 N–H and O–H groups in total. The van der Waals surface area contributed by atoms with Crippen molar-refractivity contribution in [2.24, 2.45) is 0 Å². The number of halogens is 1. The normalized spacial score (nSPS) is 16.0. The molecule has 3 heterocycles. The fourth-order valence-electron chi connectivity index (χ4n) is 2.90. The molecule has 25 heavy (non-hydrogen) atoms. The summed E-state index contributed by atoms with van der Waals surface area (Å²) in [4.78, 5) is 23.4. The summed E-state index contributed by atoms with van der Waals surface area (Å²) in [5.74, 6) is 1.23. The van der Waals surface area contributed by atoms with Crippen LogP contribution < -0.4 is 10.2 Å². The number of aromatic nitrogens is 2. The van der Waals surface area contributed by atoms with Crippen LogP contribution in [0.15, 0.2) is 65.4 Å². The summed E-state index contributed by atoms with van der Waals surface area (Å²) in [5.41, 5.74) is 2.64. The van der Waals surface area contributed by atoms with Gasteiger partial charge in [0.2, 0.25) is 0 Å². The summed E-state index contributed by atoms with van der Waals surface area (Å²) >= 11 is 3.38. The van der Waals surface area contributed by atoms with E-state index >= 15 is 0 Å². The Morgan fingerprint density at radius 1 is 1.04 bits per heavy atom. The fraction of sp³-hybridized carbons (Fsp3) is 0.105. The van der Waals surface area contributed by atoms with Crippen molar-refractivity contribution < 1.29 is 4.79 Å². The first kappa shape index (κ1) is 15.8. The monoisotopic (exact) mass is 394 g/mol. The lowest BCUT2D eigenvalue weighted by atomic mass is 10.1. The predicted molar refractivity (Wildman–Crippen MR) is 101 cm³/mol. The molecule has 4 rings (SSSR count). The van der Waals surface area contributed by atoms with Gasteiger partial charge in [-0.3, -0.25) is 9.69 Å². The molecule has 0 saturated carbocycles. The van der Waals surface area contributed by atoms with E-state index in [1.807, 2.05) is 55.5 Å². The number of anilines is 2. The lowest BCUT2D eigenvalue weighted by Crippen LogP contribution is -2.33. The number of nitrogens with one attached hydrogen (secondary N) is 1. The minimum Gasteiger partial charge on any atom is -0.346 e. The SMILES string of the molecule is Cc1ccc(N2C(=O)c3ccccc3[C@@H]2Nc2ccc(Br)cn2)nc1. The van der Waals surface area contributed by atoms with Gasteiger partial charge in [-0.2, -0.15) is 0 Å². The Balaban J connectivity index is 1.77. The average molecular weight is 395 g/mol. The molecule has 5 nitrogen and oxygen atoms in total. The van der Waals surface area contributed by atoms with Gasteiger partial charge in [-0.15, -0.1) is 0 Å². The van der Waals surface area contributed by atoms with E-state index in [2.05, 4.69) is 31.2 Å². The number of hydrogen-bond acceptors (Lipinski definition) is 4. The van der Waals surface area contributed by atoms with Gasteiger partial charge >= 0.3 is 0 Å². The van der Waals surface area contributed by atoms with Crippen molar-refractivity contribution in [1.82, 2.24) is 9.97 Å². The van der Waals surface area contributed by atoms with Gasteiger partial charge in [0.1, 0.15) is 17.8 Å². The smallest absolute Gasteiger partial charge is 0.261 e. The van der Waals surface area contributed by atoms with Gasteiger partial charge < -0.3 is 5.32 Å².